The Bertz CT molecular complexity index is 584. The van der Waals surface area contributed by atoms with Gasteiger partial charge in [0.25, 0.3) is 10.0 Å². The molecule has 1 atom stereocenters. The fourth-order valence-corrected chi connectivity index (χ4v) is 3.76. The first-order chi connectivity index (χ1) is 9.78. The maximum absolute atomic E-state index is 12.1. The topological polar surface area (TPSA) is 113 Å². The van der Waals surface area contributed by atoms with E-state index in [0.717, 1.165) is 15.6 Å². The number of hydrogen-bond donors (Lipinski definition) is 2. The molecule has 1 heterocycles. The summed E-state index contributed by atoms with van der Waals surface area (Å²) < 4.78 is 29.8. The number of thiophene rings is 1. The Morgan fingerprint density at radius 3 is 2.67 bits per heavy atom. The number of amides is 1. The molecule has 0 aliphatic carbocycles. The zero-order valence-corrected chi connectivity index (χ0v) is 13.1. The van der Waals surface area contributed by atoms with Crippen molar-refractivity contribution < 1.29 is 27.9 Å². The number of methoxy groups -OCH3 is 1. The number of carbonyl (C=O) groups excluding carboxylic acids is 1. The fourth-order valence-electron chi connectivity index (χ4n) is 1.43. The Labute approximate surface area is 126 Å². The van der Waals surface area contributed by atoms with Gasteiger partial charge < -0.3 is 15.2 Å². The van der Waals surface area contributed by atoms with E-state index in [-0.39, 0.29) is 10.8 Å². The molecule has 0 saturated carbocycles. The number of ether oxygens (including phenoxy) is 1. The molecule has 1 aromatic rings. The van der Waals surface area contributed by atoms with Gasteiger partial charge in [0, 0.05) is 14.2 Å². The first kappa shape index (κ1) is 17.6. The quantitative estimate of drug-likeness (QED) is 0.667. The van der Waals surface area contributed by atoms with Gasteiger partial charge in [-0.15, -0.1) is 11.3 Å². The summed E-state index contributed by atoms with van der Waals surface area (Å²) in [4.78, 5) is 22.6. The number of aliphatic carboxylic acids is 1. The van der Waals surface area contributed by atoms with E-state index in [4.69, 9.17) is 5.11 Å². The second kappa shape index (κ2) is 7.50. The smallest absolute Gasteiger partial charge is 0.328 e. The normalized spacial score (nSPS) is 13.1. The molecule has 0 aliphatic heterocycles. The molecule has 0 radical (unpaired) electrons. The summed E-state index contributed by atoms with van der Waals surface area (Å²) in [7, 11) is -1.19. The monoisotopic (exact) mass is 336 g/mol. The van der Waals surface area contributed by atoms with Crippen LogP contribution in [0, 0.1) is 0 Å². The van der Waals surface area contributed by atoms with Crippen LogP contribution in [-0.4, -0.2) is 63.1 Å². The molecule has 0 aliphatic rings. The molecule has 1 amide bonds. The predicted molar refractivity (Wildman–Crippen MR) is 75.6 cm³/mol. The summed E-state index contributed by atoms with van der Waals surface area (Å²) in [5.41, 5.74) is 0. The second-order valence-electron chi connectivity index (χ2n) is 4.11. The van der Waals surface area contributed by atoms with Gasteiger partial charge in [-0.2, -0.15) is 4.31 Å². The number of hydrogen-bond acceptors (Lipinski definition) is 6. The minimum atomic E-state index is -3.75. The van der Waals surface area contributed by atoms with E-state index in [9.17, 15) is 18.0 Å². The molecule has 0 bridgehead atoms. The summed E-state index contributed by atoms with van der Waals surface area (Å²) in [6.45, 7) is -0.684. The molecule has 0 aromatic carbocycles. The Kier molecular flexibility index (Phi) is 6.27. The number of likely N-dealkylation sites (N-methyl/N-ethyl adjacent to an activating group) is 1. The lowest BCUT2D eigenvalue weighted by Crippen LogP contribution is -2.47. The summed E-state index contributed by atoms with van der Waals surface area (Å²) in [6, 6.07) is 1.80. The highest BCUT2D eigenvalue weighted by Crippen LogP contribution is 2.19. The van der Waals surface area contributed by atoms with Gasteiger partial charge in [-0.3, -0.25) is 4.79 Å². The third-order valence-electron chi connectivity index (χ3n) is 2.49. The van der Waals surface area contributed by atoms with Crippen molar-refractivity contribution in [1.82, 2.24) is 9.62 Å². The van der Waals surface area contributed by atoms with E-state index in [1.54, 1.807) is 11.4 Å². The molecular formula is C11H16N2O6S2. The second-order valence-corrected chi connectivity index (χ2v) is 7.33. The van der Waals surface area contributed by atoms with E-state index in [0.29, 0.717) is 0 Å². The van der Waals surface area contributed by atoms with E-state index < -0.39 is 34.5 Å². The molecule has 0 fully saturated rings. The summed E-state index contributed by atoms with van der Waals surface area (Å²) >= 11 is 1.04. The van der Waals surface area contributed by atoms with Gasteiger partial charge >= 0.3 is 5.97 Å². The zero-order valence-electron chi connectivity index (χ0n) is 11.5. The SMILES string of the molecule is COCC(NC(=O)CN(C)S(=O)(=O)c1cccs1)C(=O)O. The number of nitrogens with zero attached hydrogens (tertiary/aromatic N) is 1. The van der Waals surface area contributed by atoms with Crippen LogP contribution >= 0.6 is 11.3 Å². The number of carboxylic acid groups (broad SMARTS) is 1. The molecule has 1 unspecified atom stereocenters. The van der Waals surface area contributed by atoms with Gasteiger partial charge in [-0.25, -0.2) is 13.2 Å². The van der Waals surface area contributed by atoms with Crippen LogP contribution in [-0.2, 0) is 24.3 Å². The van der Waals surface area contributed by atoms with Crippen LogP contribution in [0.4, 0.5) is 0 Å². The van der Waals surface area contributed by atoms with Gasteiger partial charge in [0.1, 0.15) is 4.21 Å². The summed E-state index contributed by atoms with van der Waals surface area (Å²) in [5.74, 6) is -1.98. The molecule has 21 heavy (non-hydrogen) atoms. The van der Waals surface area contributed by atoms with Crippen molar-refractivity contribution in [3.8, 4) is 0 Å². The van der Waals surface area contributed by atoms with Gasteiger partial charge in [-0.1, -0.05) is 6.07 Å². The molecule has 2 N–H and O–H groups in total. The Morgan fingerprint density at radius 1 is 1.52 bits per heavy atom. The average molecular weight is 336 g/mol. The van der Waals surface area contributed by atoms with Crippen LogP contribution in [0.15, 0.2) is 21.7 Å². The van der Waals surface area contributed by atoms with E-state index in [1.165, 1.54) is 20.2 Å². The lowest BCUT2D eigenvalue weighted by molar-refractivity contribution is -0.143. The van der Waals surface area contributed by atoms with E-state index >= 15 is 0 Å². The van der Waals surface area contributed by atoms with Gasteiger partial charge in [0.15, 0.2) is 6.04 Å². The number of nitrogens with one attached hydrogen (secondary N) is 1. The maximum atomic E-state index is 12.1. The summed E-state index contributed by atoms with van der Waals surface area (Å²) in [6.07, 6.45) is 0. The molecule has 1 aromatic heterocycles. The minimum absolute atomic E-state index is 0.115. The van der Waals surface area contributed by atoms with Crippen LogP contribution in [0.5, 0.6) is 0 Å². The predicted octanol–water partition coefficient (Wildman–Crippen LogP) is -0.416. The molecule has 8 nitrogen and oxygen atoms in total. The van der Waals surface area contributed by atoms with Crippen molar-refractivity contribution in [3.63, 3.8) is 0 Å². The molecule has 0 saturated heterocycles. The van der Waals surface area contributed by atoms with Crippen LogP contribution in [0.1, 0.15) is 0 Å². The van der Waals surface area contributed by atoms with Crippen molar-refractivity contribution in [2.45, 2.75) is 10.3 Å². The van der Waals surface area contributed by atoms with Crippen molar-refractivity contribution in [2.75, 3.05) is 27.3 Å². The highest BCUT2D eigenvalue weighted by atomic mass is 32.2. The van der Waals surface area contributed by atoms with Crippen molar-refractivity contribution in [1.29, 1.82) is 0 Å². The Morgan fingerprint density at radius 2 is 2.19 bits per heavy atom. The molecule has 118 valence electrons. The van der Waals surface area contributed by atoms with Crippen molar-refractivity contribution in [2.24, 2.45) is 0 Å². The first-order valence-electron chi connectivity index (χ1n) is 5.80. The number of carboxylic acids is 1. The number of sulfonamides is 1. The lowest BCUT2D eigenvalue weighted by Gasteiger charge is -2.18. The third kappa shape index (κ3) is 4.77. The molecule has 10 heteroatoms. The van der Waals surface area contributed by atoms with Gasteiger partial charge in [0.2, 0.25) is 5.91 Å². The van der Waals surface area contributed by atoms with Crippen molar-refractivity contribution in [3.05, 3.63) is 17.5 Å². The van der Waals surface area contributed by atoms with Gasteiger partial charge in [-0.05, 0) is 11.4 Å². The minimum Gasteiger partial charge on any atom is -0.480 e. The lowest BCUT2D eigenvalue weighted by atomic mass is 10.3. The number of rotatable bonds is 8. The maximum Gasteiger partial charge on any atom is 0.328 e. The zero-order chi connectivity index (χ0) is 16.0. The highest BCUT2D eigenvalue weighted by Gasteiger charge is 2.26. The summed E-state index contributed by atoms with van der Waals surface area (Å²) in [5, 5.41) is 12.7. The average Bonchev–Trinajstić information content (AvgIpc) is 2.92. The molecule has 1 rings (SSSR count). The Hall–Kier alpha value is -1.49. The standard InChI is InChI=1S/C11H16N2O6S2/c1-13(21(17,18)10-4-3-5-20-10)6-9(14)12-8(7-19-2)11(15)16/h3-5,8H,6-7H2,1-2H3,(H,12,14)(H,15,16). The largest absolute Gasteiger partial charge is 0.480 e. The molecule has 0 spiro atoms. The Balaban J connectivity index is 2.68. The van der Waals surface area contributed by atoms with E-state index in [2.05, 4.69) is 10.1 Å². The van der Waals surface area contributed by atoms with Crippen molar-refractivity contribution >= 4 is 33.2 Å². The highest BCUT2D eigenvalue weighted by molar-refractivity contribution is 7.91. The van der Waals surface area contributed by atoms with Crippen LogP contribution < -0.4 is 5.32 Å². The van der Waals surface area contributed by atoms with E-state index in [1.807, 2.05) is 0 Å². The van der Waals surface area contributed by atoms with Crippen LogP contribution in [0.25, 0.3) is 0 Å². The van der Waals surface area contributed by atoms with Gasteiger partial charge in [0.05, 0.1) is 13.2 Å². The van der Waals surface area contributed by atoms with Crippen LogP contribution in [0.3, 0.4) is 0 Å². The third-order valence-corrected chi connectivity index (χ3v) is 5.67. The number of carbonyl (C=O) groups is 2. The fraction of sp³-hybridized carbons (Fsp3) is 0.455. The first-order valence-corrected chi connectivity index (χ1v) is 8.12. The van der Waals surface area contributed by atoms with Crippen LogP contribution in [0.2, 0.25) is 0 Å². The molecular weight excluding hydrogens is 320 g/mol.